The second kappa shape index (κ2) is 7.11. The number of rotatable bonds is 4. The Labute approximate surface area is 157 Å². The lowest BCUT2D eigenvalue weighted by Gasteiger charge is -2.33. The molecule has 0 unspecified atom stereocenters. The van der Waals surface area contributed by atoms with E-state index in [-0.39, 0.29) is 12.5 Å². The Morgan fingerprint density at radius 3 is 2.26 bits per heavy atom. The third-order valence-corrected chi connectivity index (χ3v) is 4.53. The molecule has 1 aromatic heterocycles. The second-order valence-corrected chi connectivity index (χ2v) is 6.29. The molecule has 3 aromatic rings. The van der Waals surface area contributed by atoms with Crippen molar-refractivity contribution in [3.63, 3.8) is 0 Å². The molecule has 0 radical (unpaired) electrons. The first kappa shape index (κ1) is 17.1. The lowest BCUT2D eigenvalue weighted by molar-refractivity contribution is -0.120. The van der Waals surface area contributed by atoms with Crippen molar-refractivity contribution in [2.75, 3.05) is 43.7 Å². The van der Waals surface area contributed by atoms with Crippen LogP contribution in [0, 0.1) is 0 Å². The monoisotopic (exact) mass is 364 g/mol. The van der Waals surface area contributed by atoms with Crippen LogP contribution in [0.2, 0.25) is 0 Å². The van der Waals surface area contributed by atoms with Gasteiger partial charge in [0.2, 0.25) is 0 Å². The van der Waals surface area contributed by atoms with E-state index in [0.717, 1.165) is 16.8 Å². The average molecular weight is 364 g/mol. The van der Waals surface area contributed by atoms with Crippen LogP contribution >= 0.6 is 0 Å². The molecule has 2 aromatic carbocycles. The summed E-state index contributed by atoms with van der Waals surface area (Å²) in [6, 6.07) is 14.8. The maximum Gasteiger partial charge on any atom is 0.266 e. The first-order valence-corrected chi connectivity index (χ1v) is 8.71. The predicted molar refractivity (Wildman–Crippen MR) is 104 cm³/mol. The van der Waals surface area contributed by atoms with Crippen molar-refractivity contribution in [2.24, 2.45) is 0 Å². The molecule has 7 heteroatoms. The van der Waals surface area contributed by atoms with E-state index < -0.39 is 0 Å². The topological polar surface area (TPSA) is 67.8 Å². The third-order valence-electron chi connectivity index (χ3n) is 4.53. The average Bonchev–Trinajstić information content (AvgIpc) is 2.71. The zero-order valence-corrected chi connectivity index (χ0v) is 15.3. The number of ether oxygens (including phenoxy) is 2. The number of benzene rings is 2. The highest BCUT2D eigenvalue weighted by molar-refractivity contribution is 5.98. The van der Waals surface area contributed by atoms with Gasteiger partial charge in [-0.2, -0.15) is 0 Å². The number of likely N-dealkylation sites (N-methyl/N-ethyl adjacent to an activating group) is 1. The zero-order chi connectivity index (χ0) is 18.8. The zero-order valence-electron chi connectivity index (χ0n) is 15.3. The molecule has 0 N–H and O–H groups in total. The number of fused-ring (bicyclic) bond motifs is 2. The van der Waals surface area contributed by atoms with Crippen LogP contribution < -0.4 is 19.3 Å². The van der Waals surface area contributed by atoms with Crippen LogP contribution in [0.4, 0.5) is 11.6 Å². The summed E-state index contributed by atoms with van der Waals surface area (Å²) in [4.78, 5) is 25.8. The van der Waals surface area contributed by atoms with Crippen molar-refractivity contribution in [1.82, 2.24) is 9.97 Å². The number of aromatic nitrogens is 2. The molecule has 0 spiro atoms. The van der Waals surface area contributed by atoms with E-state index in [1.807, 2.05) is 36.2 Å². The second-order valence-electron chi connectivity index (χ2n) is 6.29. The van der Waals surface area contributed by atoms with Crippen LogP contribution in [0.25, 0.3) is 11.0 Å². The number of hydrogen-bond acceptors (Lipinski definition) is 6. The van der Waals surface area contributed by atoms with E-state index in [9.17, 15) is 4.79 Å². The summed E-state index contributed by atoms with van der Waals surface area (Å²) >= 11 is 0. The fourth-order valence-electron chi connectivity index (χ4n) is 3.02. The number of para-hydroxylation sites is 2. The van der Waals surface area contributed by atoms with Crippen molar-refractivity contribution in [2.45, 2.75) is 0 Å². The molecule has 0 saturated carbocycles. The Bertz CT molecular complexity index is 975. The maximum absolute atomic E-state index is 12.8. The normalized spacial score (nSPS) is 13.4. The molecule has 0 atom stereocenters. The van der Waals surface area contributed by atoms with Gasteiger partial charge in [-0.05, 0) is 36.4 Å². The van der Waals surface area contributed by atoms with Gasteiger partial charge in [-0.3, -0.25) is 9.69 Å². The number of nitrogens with zero attached hydrogens (tertiary/aromatic N) is 4. The molecule has 4 rings (SSSR count). The van der Waals surface area contributed by atoms with E-state index in [1.165, 1.54) is 0 Å². The van der Waals surface area contributed by atoms with Crippen LogP contribution in [0.3, 0.4) is 0 Å². The molecule has 0 saturated heterocycles. The number of carbonyl (C=O) groups is 1. The molecular weight excluding hydrogens is 344 g/mol. The van der Waals surface area contributed by atoms with E-state index in [2.05, 4.69) is 9.97 Å². The van der Waals surface area contributed by atoms with Gasteiger partial charge in [0.05, 0.1) is 18.1 Å². The summed E-state index contributed by atoms with van der Waals surface area (Å²) in [6.07, 6.45) is 0. The summed E-state index contributed by atoms with van der Waals surface area (Å²) in [7, 11) is 3.56. The summed E-state index contributed by atoms with van der Waals surface area (Å²) in [5.74, 6) is 2.49. The third kappa shape index (κ3) is 3.36. The van der Waals surface area contributed by atoms with Crippen molar-refractivity contribution in [3.8, 4) is 11.5 Å². The minimum atomic E-state index is -0.148. The van der Waals surface area contributed by atoms with Gasteiger partial charge >= 0.3 is 0 Å². The van der Waals surface area contributed by atoms with Crippen LogP contribution in [0.15, 0.2) is 48.5 Å². The van der Waals surface area contributed by atoms with Crippen LogP contribution in [-0.4, -0.2) is 49.7 Å². The van der Waals surface area contributed by atoms with Crippen LogP contribution in [0.5, 0.6) is 11.5 Å². The highest BCUT2D eigenvalue weighted by atomic mass is 16.5. The number of amides is 1. The molecule has 27 heavy (non-hydrogen) atoms. The highest BCUT2D eigenvalue weighted by Gasteiger charge is 2.28. The number of anilines is 2. The Hall–Kier alpha value is -3.35. The minimum absolute atomic E-state index is 0.0655. The van der Waals surface area contributed by atoms with Crippen LogP contribution in [-0.2, 0) is 4.79 Å². The standard InChI is InChI=1S/C20H20N4O3/c1-23-11-12-24(18(25)13-27-15-9-7-14(26-2)8-10-15)20-19(23)21-16-5-3-4-6-17(16)22-20/h3-10H,11-13H2,1-2H3. The Morgan fingerprint density at radius 2 is 1.59 bits per heavy atom. The van der Waals surface area contributed by atoms with E-state index in [0.29, 0.717) is 30.5 Å². The summed E-state index contributed by atoms with van der Waals surface area (Å²) in [6.45, 7) is 1.17. The van der Waals surface area contributed by atoms with Crippen molar-refractivity contribution in [3.05, 3.63) is 48.5 Å². The van der Waals surface area contributed by atoms with Gasteiger partial charge in [0.1, 0.15) is 11.5 Å². The Morgan fingerprint density at radius 1 is 0.963 bits per heavy atom. The van der Waals surface area contributed by atoms with Crippen molar-refractivity contribution < 1.29 is 14.3 Å². The molecule has 0 aliphatic carbocycles. The smallest absolute Gasteiger partial charge is 0.266 e. The number of hydrogen-bond donors (Lipinski definition) is 0. The lowest BCUT2D eigenvalue weighted by Crippen LogP contribution is -2.45. The summed E-state index contributed by atoms with van der Waals surface area (Å²) in [5.41, 5.74) is 1.58. The van der Waals surface area contributed by atoms with Gasteiger partial charge in [-0.15, -0.1) is 0 Å². The Kier molecular flexibility index (Phi) is 4.50. The fraction of sp³-hybridized carbons (Fsp3) is 0.250. The largest absolute Gasteiger partial charge is 0.497 e. The van der Waals surface area contributed by atoms with E-state index in [4.69, 9.17) is 9.47 Å². The molecule has 0 fully saturated rings. The number of methoxy groups -OCH3 is 1. The summed E-state index contributed by atoms with van der Waals surface area (Å²) < 4.78 is 10.8. The van der Waals surface area contributed by atoms with Gasteiger partial charge < -0.3 is 14.4 Å². The minimum Gasteiger partial charge on any atom is -0.497 e. The molecule has 1 amide bonds. The van der Waals surface area contributed by atoms with Crippen LogP contribution in [0.1, 0.15) is 0 Å². The lowest BCUT2D eigenvalue weighted by atomic mass is 10.2. The molecule has 7 nitrogen and oxygen atoms in total. The first-order chi connectivity index (χ1) is 13.2. The van der Waals surface area contributed by atoms with Crippen molar-refractivity contribution in [1.29, 1.82) is 0 Å². The quantitative estimate of drug-likeness (QED) is 0.709. The predicted octanol–water partition coefficient (Wildman–Crippen LogP) is 2.50. The molecule has 0 bridgehead atoms. The van der Waals surface area contributed by atoms with Gasteiger partial charge in [-0.25, -0.2) is 9.97 Å². The fourth-order valence-corrected chi connectivity index (χ4v) is 3.02. The van der Waals surface area contributed by atoms with Gasteiger partial charge in [-0.1, -0.05) is 12.1 Å². The molecular formula is C20H20N4O3. The molecule has 138 valence electrons. The van der Waals surface area contributed by atoms with Gasteiger partial charge in [0, 0.05) is 20.1 Å². The molecule has 1 aliphatic heterocycles. The SMILES string of the molecule is COc1ccc(OCC(=O)N2CCN(C)c3nc4ccccc4nc32)cc1. The van der Waals surface area contributed by atoms with Crippen molar-refractivity contribution >= 4 is 28.6 Å². The first-order valence-electron chi connectivity index (χ1n) is 8.71. The maximum atomic E-state index is 12.8. The molecule has 2 heterocycles. The van der Waals surface area contributed by atoms with Gasteiger partial charge in [0.25, 0.3) is 5.91 Å². The highest BCUT2D eigenvalue weighted by Crippen LogP contribution is 2.30. The number of carbonyl (C=O) groups excluding carboxylic acids is 1. The summed E-state index contributed by atoms with van der Waals surface area (Å²) in [5, 5.41) is 0. The van der Waals surface area contributed by atoms with E-state index >= 15 is 0 Å². The van der Waals surface area contributed by atoms with Gasteiger partial charge in [0.15, 0.2) is 18.2 Å². The molecule has 1 aliphatic rings. The Balaban J connectivity index is 1.56. The van der Waals surface area contributed by atoms with E-state index in [1.54, 1.807) is 36.3 Å².